The van der Waals surface area contributed by atoms with Gasteiger partial charge in [-0.1, -0.05) is 17.7 Å². The summed E-state index contributed by atoms with van der Waals surface area (Å²) in [6, 6.07) is 11.3. The zero-order valence-corrected chi connectivity index (χ0v) is 15.2. The molecule has 0 aliphatic carbocycles. The van der Waals surface area contributed by atoms with Gasteiger partial charge in [0.25, 0.3) is 5.91 Å². The standard InChI is InChI=1S/C20H20ClFN2O2/c1-13-4-9-17(22)18(11-13)23-19(25)15-3-2-10-24(12-15)20(26)14-5-7-16(21)8-6-14/h4-9,11,15H,2-3,10,12H2,1H3,(H,23,25). The zero-order chi connectivity index (χ0) is 18.7. The van der Waals surface area contributed by atoms with Gasteiger partial charge < -0.3 is 10.2 Å². The van der Waals surface area contributed by atoms with E-state index < -0.39 is 5.82 Å². The minimum atomic E-state index is -0.464. The average Bonchev–Trinajstić information content (AvgIpc) is 2.65. The first-order chi connectivity index (χ1) is 12.4. The maximum absolute atomic E-state index is 13.9. The van der Waals surface area contributed by atoms with E-state index in [2.05, 4.69) is 5.32 Å². The normalized spacial score (nSPS) is 17.0. The van der Waals surface area contributed by atoms with Crippen LogP contribution in [0.3, 0.4) is 0 Å². The Hall–Kier alpha value is -2.40. The molecule has 2 aromatic carbocycles. The Morgan fingerprint density at radius 2 is 1.92 bits per heavy atom. The van der Waals surface area contributed by atoms with Gasteiger partial charge in [-0.05, 0) is 61.7 Å². The molecule has 1 atom stereocenters. The first-order valence-corrected chi connectivity index (χ1v) is 8.93. The summed E-state index contributed by atoms with van der Waals surface area (Å²) in [5.41, 5.74) is 1.58. The Bertz CT molecular complexity index is 823. The van der Waals surface area contributed by atoms with Crippen molar-refractivity contribution >= 4 is 29.1 Å². The predicted molar refractivity (Wildman–Crippen MR) is 99.8 cm³/mol. The van der Waals surface area contributed by atoms with E-state index in [9.17, 15) is 14.0 Å². The molecule has 136 valence electrons. The van der Waals surface area contributed by atoms with Gasteiger partial charge in [-0.25, -0.2) is 4.39 Å². The van der Waals surface area contributed by atoms with E-state index in [-0.39, 0.29) is 23.4 Å². The van der Waals surface area contributed by atoms with Gasteiger partial charge in [0, 0.05) is 23.7 Å². The SMILES string of the molecule is Cc1ccc(F)c(NC(=O)C2CCCN(C(=O)c3ccc(Cl)cc3)C2)c1. The Kier molecular flexibility index (Phi) is 5.57. The molecule has 0 saturated carbocycles. The first-order valence-electron chi connectivity index (χ1n) is 8.56. The van der Waals surface area contributed by atoms with Gasteiger partial charge in [0.05, 0.1) is 11.6 Å². The van der Waals surface area contributed by atoms with E-state index >= 15 is 0 Å². The van der Waals surface area contributed by atoms with Gasteiger partial charge in [-0.2, -0.15) is 0 Å². The van der Waals surface area contributed by atoms with Gasteiger partial charge >= 0.3 is 0 Å². The van der Waals surface area contributed by atoms with E-state index in [1.807, 2.05) is 6.92 Å². The van der Waals surface area contributed by atoms with Crippen LogP contribution in [0.2, 0.25) is 5.02 Å². The predicted octanol–water partition coefficient (Wildman–Crippen LogP) is 4.28. The number of nitrogens with one attached hydrogen (secondary N) is 1. The number of hydrogen-bond acceptors (Lipinski definition) is 2. The summed E-state index contributed by atoms with van der Waals surface area (Å²) < 4.78 is 13.9. The number of carbonyl (C=O) groups excluding carboxylic acids is 2. The Balaban J connectivity index is 1.67. The van der Waals surface area contributed by atoms with Crippen molar-refractivity contribution in [3.05, 3.63) is 64.4 Å². The Morgan fingerprint density at radius 3 is 2.65 bits per heavy atom. The molecule has 0 radical (unpaired) electrons. The molecule has 3 rings (SSSR count). The molecule has 1 unspecified atom stereocenters. The average molecular weight is 375 g/mol. The van der Waals surface area contributed by atoms with Crippen LogP contribution >= 0.6 is 11.6 Å². The second-order valence-electron chi connectivity index (χ2n) is 6.57. The molecule has 2 aromatic rings. The van der Waals surface area contributed by atoms with Crippen LogP contribution in [0.5, 0.6) is 0 Å². The van der Waals surface area contributed by atoms with Crippen molar-refractivity contribution in [2.75, 3.05) is 18.4 Å². The fourth-order valence-electron chi connectivity index (χ4n) is 3.12. The largest absolute Gasteiger partial charge is 0.338 e. The highest BCUT2D eigenvalue weighted by Gasteiger charge is 2.29. The second kappa shape index (κ2) is 7.87. The van der Waals surface area contributed by atoms with Crippen molar-refractivity contribution in [3.8, 4) is 0 Å². The van der Waals surface area contributed by atoms with Crippen molar-refractivity contribution in [1.82, 2.24) is 4.90 Å². The van der Waals surface area contributed by atoms with Gasteiger partial charge in [-0.15, -0.1) is 0 Å². The summed E-state index contributed by atoms with van der Waals surface area (Å²) in [5.74, 6) is -1.21. The molecule has 0 spiro atoms. The molecule has 1 aliphatic rings. The second-order valence-corrected chi connectivity index (χ2v) is 7.01. The third-order valence-corrected chi connectivity index (χ3v) is 4.80. The maximum Gasteiger partial charge on any atom is 0.253 e. The number of likely N-dealkylation sites (tertiary alicyclic amines) is 1. The monoisotopic (exact) mass is 374 g/mol. The molecule has 4 nitrogen and oxygen atoms in total. The third kappa shape index (κ3) is 4.22. The summed E-state index contributed by atoms with van der Waals surface area (Å²) in [6.45, 7) is 2.76. The smallest absolute Gasteiger partial charge is 0.253 e. The summed E-state index contributed by atoms with van der Waals surface area (Å²) in [4.78, 5) is 26.8. The fourth-order valence-corrected chi connectivity index (χ4v) is 3.25. The van der Waals surface area contributed by atoms with Crippen LogP contribution in [0.25, 0.3) is 0 Å². The van der Waals surface area contributed by atoms with Crippen LogP contribution in [0.4, 0.5) is 10.1 Å². The van der Waals surface area contributed by atoms with Crippen molar-refractivity contribution in [2.24, 2.45) is 5.92 Å². The number of hydrogen-bond donors (Lipinski definition) is 1. The molecule has 6 heteroatoms. The Morgan fingerprint density at radius 1 is 1.19 bits per heavy atom. The Labute approximate surface area is 157 Å². The lowest BCUT2D eigenvalue weighted by atomic mass is 9.96. The quantitative estimate of drug-likeness (QED) is 0.871. The van der Waals surface area contributed by atoms with E-state index in [0.717, 1.165) is 12.0 Å². The van der Waals surface area contributed by atoms with E-state index in [1.54, 1.807) is 41.3 Å². The molecule has 1 saturated heterocycles. The molecule has 1 fully saturated rings. The van der Waals surface area contributed by atoms with Crippen LogP contribution in [0.15, 0.2) is 42.5 Å². The van der Waals surface area contributed by atoms with Gasteiger partial charge in [0.2, 0.25) is 5.91 Å². The van der Waals surface area contributed by atoms with E-state index in [1.165, 1.54) is 6.07 Å². The number of carbonyl (C=O) groups is 2. The molecular formula is C20H20ClFN2O2. The molecule has 1 N–H and O–H groups in total. The molecule has 1 aliphatic heterocycles. The molecule has 0 bridgehead atoms. The number of aryl methyl sites for hydroxylation is 1. The van der Waals surface area contributed by atoms with Gasteiger partial charge in [0.15, 0.2) is 0 Å². The van der Waals surface area contributed by atoms with Crippen LogP contribution in [-0.4, -0.2) is 29.8 Å². The number of rotatable bonds is 3. The van der Waals surface area contributed by atoms with E-state index in [0.29, 0.717) is 30.1 Å². The highest BCUT2D eigenvalue weighted by molar-refractivity contribution is 6.30. The molecule has 1 heterocycles. The zero-order valence-electron chi connectivity index (χ0n) is 14.5. The lowest BCUT2D eigenvalue weighted by Gasteiger charge is -2.32. The minimum absolute atomic E-state index is 0.124. The van der Waals surface area contributed by atoms with Gasteiger partial charge in [0.1, 0.15) is 5.82 Å². The first kappa shape index (κ1) is 18.4. The maximum atomic E-state index is 13.9. The summed E-state index contributed by atoms with van der Waals surface area (Å²) >= 11 is 5.86. The van der Waals surface area contributed by atoms with Crippen molar-refractivity contribution in [1.29, 1.82) is 0 Å². The van der Waals surface area contributed by atoms with E-state index in [4.69, 9.17) is 11.6 Å². The topological polar surface area (TPSA) is 49.4 Å². The molecular weight excluding hydrogens is 355 g/mol. The van der Waals surface area contributed by atoms with Crippen LogP contribution in [0.1, 0.15) is 28.8 Å². The lowest BCUT2D eigenvalue weighted by molar-refractivity contribution is -0.121. The molecule has 2 amide bonds. The highest BCUT2D eigenvalue weighted by atomic mass is 35.5. The number of anilines is 1. The minimum Gasteiger partial charge on any atom is -0.338 e. The number of halogens is 2. The summed E-state index contributed by atoms with van der Waals surface area (Å²) in [6.07, 6.45) is 1.40. The van der Waals surface area contributed by atoms with Crippen LogP contribution in [0, 0.1) is 18.7 Å². The molecule has 0 aromatic heterocycles. The number of amides is 2. The lowest BCUT2D eigenvalue weighted by Crippen LogP contribution is -2.43. The number of benzene rings is 2. The summed E-state index contributed by atoms with van der Waals surface area (Å²) in [5, 5.41) is 3.23. The number of piperidine rings is 1. The summed E-state index contributed by atoms with van der Waals surface area (Å²) in [7, 11) is 0. The third-order valence-electron chi connectivity index (χ3n) is 4.55. The van der Waals surface area contributed by atoms with Gasteiger partial charge in [-0.3, -0.25) is 9.59 Å². The fraction of sp³-hybridized carbons (Fsp3) is 0.300. The van der Waals surface area contributed by atoms with Crippen molar-refractivity contribution in [2.45, 2.75) is 19.8 Å². The molecule has 26 heavy (non-hydrogen) atoms. The number of nitrogens with zero attached hydrogens (tertiary/aromatic N) is 1. The van der Waals surface area contributed by atoms with Crippen LogP contribution < -0.4 is 5.32 Å². The highest BCUT2D eigenvalue weighted by Crippen LogP contribution is 2.22. The van der Waals surface area contributed by atoms with Crippen molar-refractivity contribution < 1.29 is 14.0 Å². The van der Waals surface area contributed by atoms with Crippen molar-refractivity contribution in [3.63, 3.8) is 0 Å². The van der Waals surface area contributed by atoms with Crippen LogP contribution in [-0.2, 0) is 4.79 Å².